The summed E-state index contributed by atoms with van der Waals surface area (Å²) < 4.78 is 0. The molecule has 2 aromatic rings. The first-order valence-electron chi connectivity index (χ1n) is 8.08. The van der Waals surface area contributed by atoms with Gasteiger partial charge in [0.2, 0.25) is 5.91 Å². The van der Waals surface area contributed by atoms with E-state index in [0.29, 0.717) is 6.42 Å². The molecule has 0 saturated carbocycles. The van der Waals surface area contributed by atoms with Crippen LogP contribution < -0.4 is 4.90 Å². The zero-order valence-electron chi connectivity index (χ0n) is 13.1. The third-order valence-corrected chi connectivity index (χ3v) is 4.88. The van der Waals surface area contributed by atoms with Gasteiger partial charge in [-0.15, -0.1) is 0 Å². The van der Waals surface area contributed by atoms with Gasteiger partial charge in [0.15, 0.2) is 0 Å². The molecule has 0 radical (unpaired) electrons. The van der Waals surface area contributed by atoms with Crippen molar-refractivity contribution in [3.05, 3.63) is 54.5 Å². The van der Waals surface area contributed by atoms with Gasteiger partial charge in [0, 0.05) is 43.9 Å². The van der Waals surface area contributed by atoms with Crippen LogP contribution in [0.3, 0.4) is 0 Å². The fraction of sp³-hybridized carbons (Fsp3) is 0.389. The molecule has 118 valence electrons. The number of carbonyl (C=O) groups excluding carboxylic acids is 1. The lowest BCUT2D eigenvalue weighted by molar-refractivity contribution is -0.117. The summed E-state index contributed by atoms with van der Waals surface area (Å²) in [5.41, 5.74) is 1.17. The lowest BCUT2D eigenvalue weighted by Gasteiger charge is -2.23. The molecule has 0 aliphatic carbocycles. The standard InChI is InChI=1S/C18H20N4O/c23-17-11-18(14-22(17)16-6-2-4-9-20-16)7-10-21(13-18)12-15-5-1-3-8-19-15/h1-6,8-9H,7,10-14H2/t18-/m1/s1. The summed E-state index contributed by atoms with van der Waals surface area (Å²) in [6.07, 6.45) is 5.27. The van der Waals surface area contributed by atoms with E-state index in [1.54, 1.807) is 6.20 Å². The van der Waals surface area contributed by atoms with Crippen LogP contribution in [-0.2, 0) is 11.3 Å². The van der Waals surface area contributed by atoms with Gasteiger partial charge in [-0.2, -0.15) is 0 Å². The minimum absolute atomic E-state index is 0.0728. The molecule has 4 heterocycles. The highest BCUT2D eigenvalue weighted by Crippen LogP contribution is 2.41. The van der Waals surface area contributed by atoms with Crippen molar-refractivity contribution in [1.29, 1.82) is 0 Å². The zero-order valence-corrected chi connectivity index (χ0v) is 13.1. The Morgan fingerprint density at radius 3 is 2.61 bits per heavy atom. The second-order valence-corrected chi connectivity index (χ2v) is 6.63. The van der Waals surface area contributed by atoms with Crippen molar-refractivity contribution in [1.82, 2.24) is 14.9 Å². The highest BCUT2D eigenvalue weighted by Gasteiger charge is 2.47. The van der Waals surface area contributed by atoms with Gasteiger partial charge in [-0.05, 0) is 37.2 Å². The summed E-state index contributed by atoms with van der Waals surface area (Å²) >= 11 is 0. The SMILES string of the molecule is O=C1C[C@@]2(CCN(Cc3ccccn3)C2)CN1c1ccccn1. The first-order valence-corrected chi connectivity index (χ1v) is 8.08. The molecule has 0 bridgehead atoms. The summed E-state index contributed by atoms with van der Waals surface area (Å²) in [7, 11) is 0. The molecule has 0 aromatic carbocycles. The molecule has 23 heavy (non-hydrogen) atoms. The van der Waals surface area contributed by atoms with Crippen LogP contribution in [0.1, 0.15) is 18.5 Å². The number of anilines is 1. The van der Waals surface area contributed by atoms with Crippen molar-refractivity contribution in [2.75, 3.05) is 24.5 Å². The van der Waals surface area contributed by atoms with E-state index >= 15 is 0 Å². The van der Waals surface area contributed by atoms with E-state index in [2.05, 4.69) is 20.9 Å². The number of amides is 1. The van der Waals surface area contributed by atoms with Crippen LogP contribution in [-0.4, -0.2) is 40.4 Å². The average molecular weight is 308 g/mol. The topological polar surface area (TPSA) is 49.3 Å². The van der Waals surface area contributed by atoms with Crippen LogP contribution in [0.4, 0.5) is 5.82 Å². The zero-order chi connectivity index (χ0) is 15.7. The minimum atomic E-state index is 0.0728. The van der Waals surface area contributed by atoms with Crippen LogP contribution in [0.15, 0.2) is 48.8 Å². The molecule has 4 rings (SSSR count). The largest absolute Gasteiger partial charge is 0.297 e. The molecule has 2 aromatic heterocycles. The van der Waals surface area contributed by atoms with Crippen LogP contribution in [0.5, 0.6) is 0 Å². The van der Waals surface area contributed by atoms with E-state index in [-0.39, 0.29) is 11.3 Å². The number of hydrogen-bond donors (Lipinski definition) is 0. The van der Waals surface area contributed by atoms with E-state index in [1.807, 2.05) is 41.4 Å². The maximum absolute atomic E-state index is 12.5. The molecule has 1 atom stereocenters. The third-order valence-electron chi connectivity index (χ3n) is 4.88. The van der Waals surface area contributed by atoms with Gasteiger partial charge in [-0.1, -0.05) is 12.1 Å². The van der Waals surface area contributed by atoms with Crippen LogP contribution >= 0.6 is 0 Å². The number of nitrogens with zero attached hydrogens (tertiary/aromatic N) is 4. The van der Waals surface area contributed by atoms with E-state index < -0.39 is 0 Å². The van der Waals surface area contributed by atoms with Crippen molar-refractivity contribution in [3.8, 4) is 0 Å². The van der Waals surface area contributed by atoms with Gasteiger partial charge in [-0.3, -0.25) is 19.6 Å². The van der Waals surface area contributed by atoms with Gasteiger partial charge in [-0.25, -0.2) is 4.98 Å². The fourth-order valence-corrected chi connectivity index (χ4v) is 3.77. The number of rotatable bonds is 3. The third kappa shape index (κ3) is 2.84. The van der Waals surface area contributed by atoms with Crippen molar-refractivity contribution >= 4 is 11.7 Å². The first-order chi connectivity index (χ1) is 11.2. The van der Waals surface area contributed by atoms with Gasteiger partial charge in [0.25, 0.3) is 0 Å². The van der Waals surface area contributed by atoms with E-state index in [9.17, 15) is 4.79 Å². The summed E-state index contributed by atoms with van der Waals surface area (Å²) in [4.78, 5) is 25.5. The minimum Gasteiger partial charge on any atom is -0.297 e. The smallest absolute Gasteiger partial charge is 0.228 e. The van der Waals surface area contributed by atoms with Crippen molar-refractivity contribution in [2.24, 2.45) is 5.41 Å². The van der Waals surface area contributed by atoms with Gasteiger partial charge in [0.1, 0.15) is 5.82 Å². The first kappa shape index (κ1) is 14.3. The summed E-state index contributed by atoms with van der Waals surface area (Å²) in [5.74, 6) is 0.973. The maximum Gasteiger partial charge on any atom is 0.228 e. The highest BCUT2D eigenvalue weighted by molar-refractivity contribution is 5.95. The molecule has 2 saturated heterocycles. The van der Waals surface area contributed by atoms with Gasteiger partial charge in [0.05, 0.1) is 5.69 Å². The molecule has 2 aliphatic heterocycles. The number of pyridine rings is 2. The van der Waals surface area contributed by atoms with Crippen molar-refractivity contribution in [2.45, 2.75) is 19.4 Å². The molecule has 5 nitrogen and oxygen atoms in total. The normalized spacial score (nSPS) is 24.7. The maximum atomic E-state index is 12.5. The summed E-state index contributed by atoms with van der Waals surface area (Å²) in [6, 6.07) is 11.8. The molecule has 2 aliphatic rings. The molecule has 1 amide bonds. The van der Waals surface area contributed by atoms with E-state index in [0.717, 1.165) is 44.1 Å². The van der Waals surface area contributed by atoms with E-state index in [1.165, 1.54) is 0 Å². The van der Waals surface area contributed by atoms with Crippen LogP contribution in [0.2, 0.25) is 0 Å². The predicted molar refractivity (Wildman–Crippen MR) is 87.8 cm³/mol. The van der Waals surface area contributed by atoms with Crippen LogP contribution in [0.25, 0.3) is 0 Å². The second kappa shape index (κ2) is 5.74. The Bertz CT molecular complexity index is 691. The molecule has 0 unspecified atom stereocenters. The van der Waals surface area contributed by atoms with Crippen LogP contribution in [0, 0.1) is 5.41 Å². The molecule has 1 spiro atoms. The summed E-state index contributed by atoms with van der Waals surface area (Å²) in [5, 5.41) is 0. The lowest BCUT2D eigenvalue weighted by Crippen LogP contribution is -2.31. The molecular weight excluding hydrogens is 288 g/mol. The van der Waals surface area contributed by atoms with Gasteiger partial charge < -0.3 is 0 Å². The summed E-state index contributed by atoms with van der Waals surface area (Å²) in [6.45, 7) is 3.63. The average Bonchev–Trinajstić information content (AvgIpc) is 3.12. The Labute approximate surface area is 136 Å². The number of likely N-dealkylation sites (tertiary alicyclic amines) is 1. The number of aromatic nitrogens is 2. The Kier molecular flexibility index (Phi) is 3.58. The fourth-order valence-electron chi connectivity index (χ4n) is 3.77. The Balaban J connectivity index is 1.45. The molecular formula is C18H20N4O. The number of hydrogen-bond acceptors (Lipinski definition) is 4. The second-order valence-electron chi connectivity index (χ2n) is 6.63. The van der Waals surface area contributed by atoms with Crippen molar-refractivity contribution in [3.63, 3.8) is 0 Å². The molecule has 2 fully saturated rings. The monoisotopic (exact) mass is 308 g/mol. The molecule has 5 heteroatoms. The Hall–Kier alpha value is -2.27. The van der Waals surface area contributed by atoms with Crippen molar-refractivity contribution < 1.29 is 4.79 Å². The Morgan fingerprint density at radius 2 is 1.87 bits per heavy atom. The highest BCUT2D eigenvalue weighted by atomic mass is 16.2. The van der Waals surface area contributed by atoms with E-state index in [4.69, 9.17) is 0 Å². The quantitative estimate of drug-likeness (QED) is 0.871. The number of carbonyl (C=O) groups is 1. The lowest BCUT2D eigenvalue weighted by atomic mass is 9.86. The Morgan fingerprint density at radius 1 is 1.04 bits per heavy atom. The molecule has 0 N–H and O–H groups in total. The predicted octanol–water partition coefficient (Wildman–Crippen LogP) is 2.11. The van der Waals surface area contributed by atoms with Gasteiger partial charge >= 0.3 is 0 Å².